The summed E-state index contributed by atoms with van der Waals surface area (Å²) in [6.07, 6.45) is 6.28. The van der Waals surface area contributed by atoms with Crippen molar-refractivity contribution in [1.29, 1.82) is 0 Å². The van der Waals surface area contributed by atoms with Crippen LogP contribution in [0.2, 0.25) is 0 Å². The van der Waals surface area contributed by atoms with Gasteiger partial charge in [0, 0.05) is 92.1 Å². The molecule has 55 heavy (non-hydrogen) atoms. The lowest BCUT2D eigenvalue weighted by atomic mass is 9.67. The van der Waals surface area contributed by atoms with Crippen LogP contribution in [-0.2, 0) is 24.4 Å². The molecule has 3 aromatic carbocycles. The van der Waals surface area contributed by atoms with Crippen LogP contribution >= 0.6 is 11.6 Å². The lowest BCUT2D eigenvalue weighted by Gasteiger charge is -2.44. The number of anilines is 2. The Kier molecular flexibility index (Phi) is 12.5. The number of alkyl halides is 1. The maximum atomic E-state index is 14.2. The molecule has 0 unspecified atom stereocenters. The Morgan fingerprint density at radius 3 is 2.02 bits per heavy atom. The van der Waals surface area contributed by atoms with Gasteiger partial charge in [-0.25, -0.2) is 0 Å². The quantitative estimate of drug-likeness (QED) is 0.0674. The third-order valence-corrected chi connectivity index (χ3v) is 11.6. The molecular formula is C42H50ClN5O7. The molecule has 3 aromatic rings. The zero-order chi connectivity index (χ0) is 38.4. The number of unbranched alkanes of at least 4 members (excludes halogenated alkanes) is 3. The van der Waals surface area contributed by atoms with Crippen molar-refractivity contribution in [2.75, 3.05) is 89.2 Å². The number of amides is 1. The summed E-state index contributed by atoms with van der Waals surface area (Å²) >= 11 is 5.73. The summed E-state index contributed by atoms with van der Waals surface area (Å²) < 4.78 is 29.0. The van der Waals surface area contributed by atoms with E-state index in [1.807, 2.05) is 36.4 Å². The SMILES string of the molecule is COC[C@H]1CCN1c1ccc2c(c1)Oc1cc(N3CC[C@@H]3COC)ccc1C21C(=[N+]=[N-])C(=O)c2ccc(C(=O)NCCOCCOCCCCCCCl)cc21. The molecule has 13 heteroatoms. The van der Waals surface area contributed by atoms with E-state index in [2.05, 4.69) is 19.9 Å². The second kappa shape index (κ2) is 17.7. The highest BCUT2D eigenvalue weighted by Gasteiger charge is 2.62. The van der Waals surface area contributed by atoms with Gasteiger partial charge in [0.25, 0.3) is 11.7 Å². The fourth-order valence-corrected chi connectivity index (χ4v) is 8.51. The Morgan fingerprint density at radius 2 is 1.45 bits per heavy atom. The van der Waals surface area contributed by atoms with Gasteiger partial charge in [-0.3, -0.25) is 9.59 Å². The van der Waals surface area contributed by atoms with Gasteiger partial charge in [-0.2, -0.15) is 4.79 Å². The van der Waals surface area contributed by atoms with Crippen LogP contribution in [-0.4, -0.2) is 114 Å². The van der Waals surface area contributed by atoms with Crippen molar-refractivity contribution in [3.63, 3.8) is 0 Å². The number of benzene rings is 3. The summed E-state index contributed by atoms with van der Waals surface area (Å²) in [5, 5.41) is 2.95. The Morgan fingerprint density at radius 1 is 0.836 bits per heavy atom. The number of carbonyl (C=O) groups is 2. The van der Waals surface area contributed by atoms with E-state index in [1.165, 1.54) is 0 Å². The molecule has 0 radical (unpaired) electrons. The summed E-state index contributed by atoms with van der Waals surface area (Å²) in [5.74, 6) is 1.08. The molecule has 3 heterocycles. The van der Waals surface area contributed by atoms with E-state index >= 15 is 0 Å². The van der Waals surface area contributed by atoms with E-state index in [0.29, 0.717) is 91.4 Å². The number of nitrogens with zero attached hydrogens (tertiary/aromatic N) is 4. The molecule has 3 aliphatic heterocycles. The number of nitrogens with one attached hydrogen (secondary N) is 1. The van der Waals surface area contributed by atoms with Crippen LogP contribution in [0.3, 0.4) is 0 Å². The molecule has 1 amide bonds. The van der Waals surface area contributed by atoms with E-state index in [1.54, 1.807) is 32.4 Å². The van der Waals surface area contributed by atoms with Crippen LogP contribution in [0.5, 0.6) is 11.5 Å². The summed E-state index contributed by atoms with van der Waals surface area (Å²) in [4.78, 5) is 36.0. The summed E-state index contributed by atoms with van der Waals surface area (Å²) in [6, 6.07) is 17.5. The summed E-state index contributed by atoms with van der Waals surface area (Å²) in [5.41, 5.74) is 13.8. The van der Waals surface area contributed by atoms with Crippen molar-refractivity contribution in [1.82, 2.24) is 5.32 Å². The van der Waals surface area contributed by atoms with Crippen LogP contribution in [0.1, 0.15) is 75.9 Å². The van der Waals surface area contributed by atoms with Crippen molar-refractivity contribution in [3.8, 4) is 11.5 Å². The number of fused-ring (bicyclic) bond motifs is 6. The third-order valence-electron chi connectivity index (χ3n) is 11.3. The van der Waals surface area contributed by atoms with Gasteiger partial charge in [0.2, 0.25) is 0 Å². The number of halogens is 1. The van der Waals surface area contributed by atoms with Gasteiger partial charge in [-0.05, 0) is 61.6 Å². The Bertz CT molecular complexity index is 1860. The van der Waals surface area contributed by atoms with Crippen LogP contribution in [0.4, 0.5) is 11.4 Å². The number of ether oxygens (including phenoxy) is 5. The monoisotopic (exact) mass is 771 g/mol. The predicted octanol–water partition coefficient (Wildman–Crippen LogP) is 6.01. The van der Waals surface area contributed by atoms with Crippen molar-refractivity contribution in [2.24, 2.45) is 0 Å². The Labute approximate surface area is 327 Å². The molecule has 1 N–H and O–H groups in total. The predicted molar refractivity (Wildman–Crippen MR) is 211 cm³/mol. The molecule has 2 saturated heterocycles. The maximum Gasteiger partial charge on any atom is 0.358 e. The first-order valence-electron chi connectivity index (χ1n) is 19.4. The van der Waals surface area contributed by atoms with Gasteiger partial charge in [0.05, 0.1) is 45.1 Å². The van der Waals surface area contributed by atoms with Gasteiger partial charge in [0.15, 0.2) is 5.41 Å². The lowest BCUT2D eigenvalue weighted by Crippen LogP contribution is -2.50. The van der Waals surface area contributed by atoms with Crippen LogP contribution in [0.15, 0.2) is 54.6 Å². The molecule has 292 valence electrons. The minimum Gasteiger partial charge on any atom is -0.457 e. The van der Waals surface area contributed by atoms with Crippen molar-refractivity contribution >= 4 is 40.4 Å². The van der Waals surface area contributed by atoms with Crippen LogP contribution in [0, 0.1) is 0 Å². The summed E-state index contributed by atoms with van der Waals surface area (Å²) in [6.45, 7) is 5.22. The third kappa shape index (κ3) is 7.51. The Hall–Kier alpha value is -4.29. The number of rotatable bonds is 19. The van der Waals surface area contributed by atoms with Gasteiger partial charge in [0.1, 0.15) is 11.5 Å². The number of carbonyl (C=O) groups excluding carboxylic acids is 2. The number of methoxy groups -OCH3 is 2. The van der Waals surface area contributed by atoms with Crippen molar-refractivity contribution < 1.29 is 38.1 Å². The van der Waals surface area contributed by atoms with E-state index in [4.69, 9.17) is 35.3 Å². The van der Waals surface area contributed by atoms with Gasteiger partial charge in [-0.1, -0.05) is 25.0 Å². The Balaban J connectivity index is 1.16. The molecule has 2 fully saturated rings. The molecule has 1 aliphatic carbocycles. The second-order valence-electron chi connectivity index (χ2n) is 14.5. The van der Waals surface area contributed by atoms with Gasteiger partial charge < -0.3 is 44.3 Å². The maximum absolute atomic E-state index is 14.2. The first kappa shape index (κ1) is 39.0. The fourth-order valence-electron chi connectivity index (χ4n) is 8.32. The van der Waals surface area contributed by atoms with Crippen molar-refractivity contribution in [2.45, 2.75) is 56.0 Å². The van der Waals surface area contributed by atoms with Gasteiger partial charge in [-0.15, -0.1) is 11.6 Å². The highest BCUT2D eigenvalue weighted by Crippen LogP contribution is 2.57. The lowest BCUT2D eigenvalue weighted by molar-refractivity contribution is -0.0118. The highest BCUT2D eigenvalue weighted by molar-refractivity contribution is 6.52. The topological polar surface area (TPSA) is 135 Å². The van der Waals surface area contributed by atoms with E-state index in [0.717, 1.165) is 63.0 Å². The average Bonchev–Trinajstić information content (AvgIpc) is 3.42. The van der Waals surface area contributed by atoms with Crippen LogP contribution in [0.25, 0.3) is 5.53 Å². The highest BCUT2D eigenvalue weighted by atomic mass is 35.5. The van der Waals surface area contributed by atoms with E-state index in [9.17, 15) is 15.1 Å². The fraction of sp³-hybridized carbons (Fsp3) is 0.500. The van der Waals surface area contributed by atoms with Crippen LogP contribution < -0.4 is 19.9 Å². The average molecular weight is 772 g/mol. The zero-order valence-corrected chi connectivity index (χ0v) is 32.4. The molecule has 7 rings (SSSR count). The second-order valence-corrected chi connectivity index (χ2v) is 14.9. The molecule has 0 aromatic heterocycles. The summed E-state index contributed by atoms with van der Waals surface area (Å²) in [7, 11) is 3.41. The standard InChI is InChI=1S/C42H50ClN5O7/c1-51-26-31-13-17-47(31)29-8-11-34-37(24-29)55-38-25-30(48-18-14-32(48)27-52-2)9-12-35(38)42(34)36-23-28(7-10-33(36)39(49)40(42)46-44)41(50)45-16-20-54-22-21-53-19-6-4-3-5-15-43/h7-12,23-25,31-32H,3-6,13-22,26-27H2,1-2H3,(H,45,50)/t31-,32-/m1/s1. The molecular weight excluding hydrogens is 722 g/mol. The first-order chi connectivity index (χ1) is 27.0. The zero-order valence-electron chi connectivity index (χ0n) is 31.7. The largest absolute Gasteiger partial charge is 0.457 e. The molecule has 2 atom stereocenters. The first-order valence-corrected chi connectivity index (χ1v) is 19.9. The van der Waals surface area contributed by atoms with Gasteiger partial charge >= 0.3 is 5.71 Å². The smallest absolute Gasteiger partial charge is 0.358 e. The normalized spacial score (nSPS) is 18.9. The van der Waals surface area contributed by atoms with E-state index < -0.39 is 11.2 Å². The molecule has 0 saturated carbocycles. The molecule has 0 bridgehead atoms. The number of ketones is 1. The molecule has 12 nitrogen and oxygen atoms in total. The van der Waals surface area contributed by atoms with Crippen molar-refractivity contribution in [3.05, 3.63) is 87.9 Å². The molecule has 4 aliphatic rings. The minimum atomic E-state index is -1.34. The molecule has 1 spiro atoms. The number of hydrogen-bond acceptors (Lipinski definition) is 9. The number of hydrogen-bond donors (Lipinski definition) is 1. The minimum absolute atomic E-state index is 0.0420. The van der Waals surface area contributed by atoms with E-state index in [-0.39, 0.29) is 23.7 Å². The number of Topliss-reactive ketones (excluding diaryl/α,β-unsaturated/α-hetero) is 1.